The van der Waals surface area contributed by atoms with Gasteiger partial charge in [-0.2, -0.15) is 0 Å². The Morgan fingerprint density at radius 1 is 1.06 bits per heavy atom. The van der Waals surface area contributed by atoms with E-state index in [-0.39, 0.29) is 5.91 Å². The van der Waals surface area contributed by atoms with Crippen molar-refractivity contribution in [1.29, 1.82) is 0 Å². The van der Waals surface area contributed by atoms with Crippen molar-refractivity contribution in [3.63, 3.8) is 0 Å². The number of methoxy groups -OCH3 is 2. The number of carbonyl (C=O) groups is 1. The number of nitrogens with zero attached hydrogens (tertiary/aromatic N) is 1. The van der Waals surface area contributed by atoms with Crippen LogP contribution in [-0.2, 0) is 11.2 Å². The topological polar surface area (TPSA) is 69.7 Å². The number of nitrogens with one attached hydrogen (secondary N) is 1. The van der Waals surface area contributed by atoms with Crippen molar-refractivity contribution < 1.29 is 19.0 Å². The molecule has 1 N–H and O–H groups in total. The zero-order valence-electron chi connectivity index (χ0n) is 18.4. The minimum atomic E-state index is -0.0153. The molecule has 0 saturated heterocycles. The van der Waals surface area contributed by atoms with E-state index in [1.807, 2.05) is 50.2 Å². The lowest BCUT2D eigenvalue weighted by molar-refractivity contribution is -0.118. The fraction of sp³-hybridized carbons (Fsp3) is 0.333. The van der Waals surface area contributed by atoms with Crippen LogP contribution in [0.5, 0.6) is 17.2 Å². The van der Waals surface area contributed by atoms with E-state index in [2.05, 4.69) is 11.4 Å². The predicted octanol–water partition coefficient (Wildman–Crippen LogP) is 4.41. The Bertz CT molecular complexity index is 1060. The Balaban J connectivity index is 1.53. The Morgan fingerprint density at radius 3 is 2.61 bits per heavy atom. The summed E-state index contributed by atoms with van der Waals surface area (Å²) in [6, 6.07) is 13.7. The molecule has 0 bridgehead atoms. The Labute approximate surface area is 187 Å². The van der Waals surface area contributed by atoms with Gasteiger partial charge in [0.2, 0.25) is 5.91 Å². The maximum absolute atomic E-state index is 12.3. The highest BCUT2D eigenvalue weighted by molar-refractivity contribution is 7.99. The summed E-state index contributed by atoms with van der Waals surface area (Å²) in [5.74, 6) is 2.53. The molecule has 3 aromatic rings. The van der Waals surface area contributed by atoms with E-state index < -0.39 is 0 Å². The molecule has 1 heterocycles. The summed E-state index contributed by atoms with van der Waals surface area (Å²) < 4.78 is 16.1. The maximum Gasteiger partial charge on any atom is 0.230 e. The lowest BCUT2D eigenvalue weighted by Crippen LogP contribution is -2.27. The number of aromatic nitrogens is 1. The summed E-state index contributed by atoms with van der Waals surface area (Å²) in [6.45, 7) is 5.16. The van der Waals surface area contributed by atoms with E-state index in [1.165, 1.54) is 11.8 Å². The second kappa shape index (κ2) is 10.9. The molecule has 0 saturated carbocycles. The number of fused-ring (bicyclic) bond motifs is 1. The molecule has 0 aliphatic carbocycles. The first kappa shape index (κ1) is 22.7. The monoisotopic (exact) mass is 440 g/mol. The highest BCUT2D eigenvalue weighted by Crippen LogP contribution is 2.28. The van der Waals surface area contributed by atoms with E-state index in [4.69, 9.17) is 19.2 Å². The first-order valence-corrected chi connectivity index (χ1v) is 11.2. The third kappa shape index (κ3) is 6.04. The fourth-order valence-corrected chi connectivity index (χ4v) is 4.03. The van der Waals surface area contributed by atoms with Crippen LogP contribution in [0.25, 0.3) is 10.9 Å². The number of carbonyl (C=O) groups excluding carboxylic acids is 1. The molecule has 2 aromatic carbocycles. The summed E-state index contributed by atoms with van der Waals surface area (Å²) in [5, 5.41) is 4.87. The zero-order valence-corrected chi connectivity index (χ0v) is 19.2. The van der Waals surface area contributed by atoms with E-state index in [0.29, 0.717) is 36.8 Å². The number of amides is 1. The fourth-order valence-electron chi connectivity index (χ4n) is 3.21. The van der Waals surface area contributed by atoms with Gasteiger partial charge in [-0.3, -0.25) is 4.79 Å². The minimum absolute atomic E-state index is 0.0153. The summed E-state index contributed by atoms with van der Waals surface area (Å²) in [4.78, 5) is 17.0. The molecule has 1 aromatic heterocycles. The lowest BCUT2D eigenvalue weighted by Gasteiger charge is -2.11. The van der Waals surface area contributed by atoms with Crippen molar-refractivity contribution in [2.75, 3.05) is 33.1 Å². The third-order valence-electron chi connectivity index (χ3n) is 4.77. The van der Waals surface area contributed by atoms with Crippen molar-refractivity contribution in [2.24, 2.45) is 0 Å². The molecule has 0 unspecified atom stereocenters. The molecular formula is C24H28N2O4S. The van der Waals surface area contributed by atoms with Crippen molar-refractivity contribution in [3.05, 3.63) is 53.6 Å². The average molecular weight is 441 g/mol. The second-order valence-corrected chi connectivity index (χ2v) is 7.94. The summed E-state index contributed by atoms with van der Waals surface area (Å²) in [5.41, 5.74) is 3.01. The number of pyridine rings is 1. The van der Waals surface area contributed by atoms with Crippen LogP contribution < -0.4 is 19.5 Å². The third-order valence-corrected chi connectivity index (χ3v) is 5.86. The average Bonchev–Trinajstić information content (AvgIpc) is 2.77. The van der Waals surface area contributed by atoms with Crippen LogP contribution in [0.15, 0.2) is 47.5 Å². The van der Waals surface area contributed by atoms with Gasteiger partial charge in [-0.15, -0.1) is 0 Å². The normalized spacial score (nSPS) is 10.7. The molecule has 6 nitrogen and oxygen atoms in total. The largest absolute Gasteiger partial charge is 0.494 e. The van der Waals surface area contributed by atoms with Crippen molar-refractivity contribution in [2.45, 2.75) is 25.3 Å². The number of hydrogen-bond donors (Lipinski definition) is 1. The van der Waals surface area contributed by atoms with Crippen molar-refractivity contribution >= 4 is 28.6 Å². The summed E-state index contributed by atoms with van der Waals surface area (Å²) >= 11 is 1.45. The Hall–Kier alpha value is -2.93. The summed E-state index contributed by atoms with van der Waals surface area (Å²) in [7, 11) is 3.22. The molecule has 0 aliphatic heterocycles. The smallest absolute Gasteiger partial charge is 0.230 e. The van der Waals surface area contributed by atoms with Gasteiger partial charge in [0.25, 0.3) is 0 Å². The first-order chi connectivity index (χ1) is 15.0. The number of hydrogen-bond acceptors (Lipinski definition) is 6. The van der Waals surface area contributed by atoms with Gasteiger partial charge < -0.3 is 19.5 Å². The van der Waals surface area contributed by atoms with Gasteiger partial charge in [-0.1, -0.05) is 17.8 Å². The standard InChI is InChI=1S/C24H28N2O4S/c1-5-30-19-7-8-20-18(14-19)12-16(2)24(26-20)31-15-23(27)25-11-10-17-6-9-21(28-3)22(13-17)29-4/h6-9,12-14H,5,10-11,15H2,1-4H3,(H,25,27). The van der Waals surface area contributed by atoms with Crippen LogP contribution >= 0.6 is 11.8 Å². The van der Waals surface area contributed by atoms with Crippen molar-refractivity contribution in [1.82, 2.24) is 10.3 Å². The Morgan fingerprint density at radius 2 is 1.87 bits per heavy atom. The highest BCUT2D eigenvalue weighted by Gasteiger charge is 2.09. The van der Waals surface area contributed by atoms with Crippen LogP contribution in [-0.4, -0.2) is 44.0 Å². The van der Waals surface area contributed by atoms with Gasteiger partial charge in [0.15, 0.2) is 11.5 Å². The lowest BCUT2D eigenvalue weighted by atomic mass is 10.1. The molecule has 31 heavy (non-hydrogen) atoms. The van der Waals surface area contributed by atoms with Crippen LogP contribution in [0.2, 0.25) is 0 Å². The van der Waals surface area contributed by atoms with Crippen LogP contribution in [0.4, 0.5) is 0 Å². The molecule has 0 atom stereocenters. The zero-order chi connectivity index (χ0) is 22.2. The first-order valence-electron chi connectivity index (χ1n) is 10.2. The number of ether oxygens (including phenoxy) is 3. The maximum atomic E-state index is 12.3. The molecule has 164 valence electrons. The highest BCUT2D eigenvalue weighted by atomic mass is 32.2. The van der Waals surface area contributed by atoms with E-state index in [0.717, 1.165) is 32.8 Å². The van der Waals surface area contributed by atoms with Crippen LogP contribution in [0, 0.1) is 6.92 Å². The van der Waals surface area contributed by atoms with Crippen LogP contribution in [0.1, 0.15) is 18.1 Å². The molecule has 3 rings (SSSR count). The number of aryl methyl sites for hydroxylation is 1. The van der Waals surface area contributed by atoms with E-state index in [1.54, 1.807) is 14.2 Å². The molecule has 0 radical (unpaired) electrons. The van der Waals surface area contributed by atoms with E-state index in [9.17, 15) is 4.79 Å². The molecule has 1 amide bonds. The molecule has 0 fully saturated rings. The van der Waals surface area contributed by atoms with Crippen LogP contribution in [0.3, 0.4) is 0 Å². The summed E-state index contributed by atoms with van der Waals surface area (Å²) in [6.07, 6.45) is 0.714. The minimum Gasteiger partial charge on any atom is -0.494 e. The molecular weight excluding hydrogens is 412 g/mol. The molecule has 0 spiro atoms. The number of thioether (sulfide) groups is 1. The van der Waals surface area contributed by atoms with Crippen molar-refractivity contribution in [3.8, 4) is 17.2 Å². The van der Waals surface area contributed by atoms with Gasteiger partial charge in [0.1, 0.15) is 10.8 Å². The van der Waals surface area contributed by atoms with E-state index >= 15 is 0 Å². The predicted molar refractivity (Wildman–Crippen MR) is 125 cm³/mol. The quantitative estimate of drug-likeness (QED) is 0.471. The van der Waals surface area contributed by atoms with Gasteiger partial charge >= 0.3 is 0 Å². The van der Waals surface area contributed by atoms with Gasteiger partial charge in [0.05, 0.1) is 32.1 Å². The SMILES string of the molecule is CCOc1ccc2nc(SCC(=O)NCCc3ccc(OC)c(OC)c3)c(C)cc2c1. The Kier molecular flexibility index (Phi) is 8.00. The number of benzene rings is 2. The van der Waals surface area contributed by atoms with Gasteiger partial charge in [-0.05, 0) is 67.8 Å². The molecule has 0 aliphatic rings. The van der Waals surface area contributed by atoms with Gasteiger partial charge in [0, 0.05) is 11.9 Å². The molecule has 7 heteroatoms. The van der Waals surface area contributed by atoms with Gasteiger partial charge in [-0.25, -0.2) is 4.98 Å². The number of rotatable bonds is 10. The second-order valence-electron chi connectivity index (χ2n) is 6.98.